The highest BCUT2D eigenvalue weighted by Gasteiger charge is 2.42. The first kappa shape index (κ1) is 21.9. The Morgan fingerprint density at radius 2 is 1.78 bits per heavy atom. The molecule has 2 aromatic carbocycles. The second-order valence-electron chi connectivity index (χ2n) is 7.96. The molecule has 1 amide bonds. The number of benzene rings is 2. The lowest BCUT2D eigenvalue weighted by atomic mass is 9.98. The summed E-state index contributed by atoms with van der Waals surface area (Å²) < 4.78 is 22.4. The van der Waals surface area contributed by atoms with Gasteiger partial charge in [-0.15, -0.1) is 0 Å². The second-order valence-corrected chi connectivity index (χ2v) is 7.96. The maximum Gasteiger partial charge on any atom is 0.290 e. The Hall–Kier alpha value is -3.32. The molecule has 1 unspecified atom stereocenters. The average molecular weight is 437 g/mol. The number of carbonyl (C=O) groups excluding carboxylic acids is 1. The van der Waals surface area contributed by atoms with E-state index in [1.54, 1.807) is 55.5 Å². The van der Waals surface area contributed by atoms with Crippen molar-refractivity contribution in [1.29, 1.82) is 0 Å². The van der Waals surface area contributed by atoms with Gasteiger partial charge in [-0.25, -0.2) is 0 Å². The molecule has 7 heteroatoms. The fourth-order valence-electron chi connectivity index (χ4n) is 4.12. The largest absolute Gasteiger partial charge is 0.493 e. The van der Waals surface area contributed by atoms with Gasteiger partial charge in [0.1, 0.15) is 5.58 Å². The van der Waals surface area contributed by atoms with Crippen LogP contribution in [0.15, 0.2) is 51.7 Å². The quantitative estimate of drug-likeness (QED) is 0.492. The smallest absolute Gasteiger partial charge is 0.290 e. The fourth-order valence-corrected chi connectivity index (χ4v) is 4.12. The SMILES string of the molecule is COc1ccc(C2c3c(oc4ccccc4c3=O)C(=O)N2CCCOC(C)C)cc1OC. The maximum absolute atomic E-state index is 13.5. The van der Waals surface area contributed by atoms with Crippen LogP contribution in [-0.2, 0) is 4.74 Å². The van der Waals surface area contributed by atoms with Crippen molar-refractivity contribution in [3.8, 4) is 11.5 Å². The van der Waals surface area contributed by atoms with Crippen LogP contribution in [0.25, 0.3) is 11.0 Å². The molecule has 1 atom stereocenters. The Labute approximate surface area is 186 Å². The van der Waals surface area contributed by atoms with E-state index in [2.05, 4.69) is 0 Å². The summed E-state index contributed by atoms with van der Waals surface area (Å²) >= 11 is 0. The summed E-state index contributed by atoms with van der Waals surface area (Å²) in [5.41, 5.74) is 1.31. The van der Waals surface area contributed by atoms with Gasteiger partial charge in [-0.3, -0.25) is 9.59 Å². The summed E-state index contributed by atoms with van der Waals surface area (Å²) in [5.74, 6) is 0.896. The predicted octanol–water partition coefficient (Wildman–Crippen LogP) is 4.17. The molecular weight excluding hydrogens is 410 g/mol. The van der Waals surface area contributed by atoms with Crippen molar-refractivity contribution in [1.82, 2.24) is 4.90 Å². The molecule has 1 aliphatic rings. The Balaban J connectivity index is 1.83. The first-order valence-corrected chi connectivity index (χ1v) is 10.7. The van der Waals surface area contributed by atoms with Crippen molar-refractivity contribution in [3.05, 3.63) is 69.6 Å². The number of ether oxygens (including phenoxy) is 3. The van der Waals surface area contributed by atoms with Gasteiger partial charge in [-0.1, -0.05) is 18.2 Å². The van der Waals surface area contributed by atoms with E-state index in [9.17, 15) is 9.59 Å². The van der Waals surface area contributed by atoms with Crippen LogP contribution >= 0.6 is 0 Å². The summed E-state index contributed by atoms with van der Waals surface area (Å²) in [4.78, 5) is 28.5. The molecule has 4 rings (SSSR count). The number of rotatable bonds is 8. The van der Waals surface area contributed by atoms with Crippen LogP contribution in [0.2, 0.25) is 0 Å². The van der Waals surface area contributed by atoms with Crippen molar-refractivity contribution in [2.24, 2.45) is 0 Å². The third-order valence-electron chi connectivity index (χ3n) is 5.59. The Morgan fingerprint density at radius 3 is 2.50 bits per heavy atom. The first-order valence-electron chi connectivity index (χ1n) is 10.7. The molecule has 3 aromatic rings. The van der Waals surface area contributed by atoms with E-state index in [-0.39, 0.29) is 23.2 Å². The van der Waals surface area contributed by atoms with Crippen LogP contribution in [0.5, 0.6) is 11.5 Å². The number of nitrogens with zero attached hydrogens (tertiary/aromatic N) is 1. The highest BCUT2D eigenvalue weighted by molar-refractivity contribution is 5.99. The highest BCUT2D eigenvalue weighted by Crippen LogP contribution is 2.40. The molecule has 168 valence electrons. The third-order valence-corrected chi connectivity index (χ3v) is 5.59. The molecule has 0 spiro atoms. The van der Waals surface area contributed by atoms with E-state index >= 15 is 0 Å². The Kier molecular flexibility index (Phi) is 6.19. The summed E-state index contributed by atoms with van der Waals surface area (Å²) in [6.07, 6.45) is 0.742. The summed E-state index contributed by atoms with van der Waals surface area (Å²) in [5, 5.41) is 0.453. The van der Waals surface area contributed by atoms with E-state index in [0.29, 0.717) is 47.6 Å². The number of hydrogen-bond acceptors (Lipinski definition) is 6. The van der Waals surface area contributed by atoms with Crippen molar-refractivity contribution in [3.63, 3.8) is 0 Å². The lowest BCUT2D eigenvalue weighted by Gasteiger charge is -2.26. The second kappa shape index (κ2) is 9.04. The third kappa shape index (κ3) is 3.84. The standard InChI is InChI=1S/C25H27NO6/c1-15(2)31-13-7-12-26-22(16-10-11-19(29-3)20(14-16)30-4)21-23(27)17-8-5-6-9-18(17)32-24(21)25(26)28/h5-6,8-11,14-15,22H,7,12-13H2,1-4H3. The monoisotopic (exact) mass is 437 g/mol. The minimum atomic E-state index is -0.586. The molecule has 0 N–H and O–H groups in total. The van der Waals surface area contributed by atoms with Crippen LogP contribution in [0.1, 0.15) is 48.0 Å². The van der Waals surface area contributed by atoms with Crippen LogP contribution in [-0.4, -0.2) is 44.3 Å². The molecule has 0 saturated carbocycles. The van der Waals surface area contributed by atoms with E-state index < -0.39 is 6.04 Å². The van der Waals surface area contributed by atoms with Gasteiger partial charge in [0, 0.05) is 13.2 Å². The molecule has 0 bridgehead atoms. The van der Waals surface area contributed by atoms with Gasteiger partial charge in [0.2, 0.25) is 5.76 Å². The predicted molar refractivity (Wildman–Crippen MR) is 121 cm³/mol. The Bertz CT molecular complexity index is 1200. The molecule has 1 aliphatic heterocycles. The minimum absolute atomic E-state index is 0.0956. The van der Waals surface area contributed by atoms with Gasteiger partial charge in [-0.2, -0.15) is 0 Å². The Morgan fingerprint density at radius 1 is 1.03 bits per heavy atom. The average Bonchev–Trinajstić information content (AvgIpc) is 3.08. The zero-order valence-corrected chi connectivity index (χ0v) is 18.7. The van der Waals surface area contributed by atoms with Crippen molar-refractivity contribution < 1.29 is 23.4 Å². The summed E-state index contributed by atoms with van der Waals surface area (Å²) in [6.45, 7) is 4.87. The van der Waals surface area contributed by atoms with Crippen molar-refractivity contribution in [2.75, 3.05) is 27.4 Å². The highest BCUT2D eigenvalue weighted by atomic mass is 16.5. The van der Waals surface area contributed by atoms with Gasteiger partial charge in [0.15, 0.2) is 16.9 Å². The zero-order chi connectivity index (χ0) is 22.8. The van der Waals surface area contributed by atoms with E-state index in [1.165, 1.54) is 0 Å². The van der Waals surface area contributed by atoms with Crippen molar-refractivity contribution >= 4 is 16.9 Å². The van der Waals surface area contributed by atoms with E-state index in [4.69, 9.17) is 18.6 Å². The molecule has 7 nitrogen and oxygen atoms in total. The minimum Gasteiger partial charge on any atom is -0.493 e. The lowest BCUT2D eigenvalue weighted by Crippen LogP contribution is -2.31. The maximum atomic E-state index is 13.5. The summed E-state index contributed by atoms with van der Waals surface area (Å²) in [7, 11) is 3.12. The fraction of sp³-hybridized carbons (Fsp3) is 0.360. The van der Waals surface area contributed by atoms with Gasteiger partial charge in [-0.05, 0) is 50.1 Å². The van der Waals surface area contributed by atoms with Crippen LogP contribution in [0, 0.1) is 0 Å². The molecule has 0 aliphatic carbocycles. The van der Waals surface area contributed by atoms with Crippen LogP contribution in [0.4, 0.5) is 0 Å². The zero-order valence-electron chi connectivity index (χ0n) is 18.7. The molecule has 1 aromatic heterocycles. The van der Waals surface area contributed by atoms with Gasteiger partial charge in [0.05, 0.1) is 37.3 Å². The lowest BCUT2D eigenvalue weighted by molar-refractivity contribution is 0.0593. The molecule has 32 heavy (non-hydrogen) atoms. The van der Waals surface area contributed by atoms with Crippen molar-refractivity contribution in [2.45, 2.75) is 32.4 Å². The number of fused-ring (bicyclic) bond motifs is 2. The molecule has 0 saturated heterocycles. The van der Waals surface area contributed by atoms with Crippen LogP contribution in [0.3, 0.4) is 0 Å². The normalized spacial score (nSPS) is 15.5. The van der Waals surface area contributed by atoms with Gasteiger partial charge >= 0.3 is 0 Å². The molecular formula is C25H27NO6. The number of hydrogen-bond donors (Lipinski definition) is 0. The topological polar surface area (TPSA) is 78.2 Å². The first-order chi connectivity index (χ1) is 15.5. The van der Waals surface area contributed by atoms with Gasteiger partial charge < -0.3 is 23.5 Å². The van der Waals surface area contributed by atoms with Crippen LogP contribution < -0.4 is 14.9 Å². The molecule has 0 radical (unpaired) electrons. The number of amides is 1. The van der Waals surface area contributed by atoms with E-state index in [0.717, 1.165) is 5.56 Å². The van der Waals surface area contributed by atoms with E-state index in [1.807, 2.05) is 19.9 Å². The molecule has 0 fully saturated rings. The van der Waals surface area contributed by atoms with Gasteiger partial charge in [0.25, 0.3) is 5.91 Å². The molecule has 2 heterocycles. The number of carbonyl (C=O) groups is 1. The summed E-state index contributed by atoms with van der Waals surface area (Å²) in [6, 6.07) is 11.8. The number of para-hydroxylation sites is 1. The number of methoxy groups -OCH3 is 2.